The first-order chi connectivity index (χ1) is 21.0. The normalized spacial score (nSPS) is 13.5. The Labute approximate surface area is 259 Å². The van der Waals surface area contributed by atoms with E-state index in [9.17, 15) is 9.59 Å². The van der Waals surface area contributed by atoms with E-state index in [2.05, 4.69) is 38.8 Å². The highest BCUT2D eigenvalue weighted by atomic mass is 28.4. The summed E-state index contributed by atoms with van der Waals surface area (Å²) in [5, 5.41) is 5.02. The number of pyridine rings is 1. The highest BCUT2D eigenvalue weighted by Crippen LogP contribution is 2.38. The summed E-state index contributed by atoms with van der Waals surface area (Å²) >= 11 is 0. The van der Waals surface area contributed by atoms with Crippen molar-refractivity contribution in [3.63, 3.8) is 0 Å². The number of amides is 1. The van der Waals surface area contributed by atoms with Gasteiger partial charge in [-0.1, -0.05) is 45.0 Å². The average Bonchev–Trinajstić information content (AvgIpc) is 3.41. The zero-order valence-electron chi connectivity index (χ0n) is 26.3. The molecule has 2 aromatic carbocycles. The van der Waals surface area contributed by atoms with Gasteiger partial charge in [0.15, 0.2) is 8.32 Å². The van der Waals surface area contributed by atoms with Crippen molar-refractivity contribution in [3.05, 3.63) is 89.9 Å². The molecule has 0 bridgehead atoms. The van der Waals surface area contributed by atoms with Gasteiger partial charge in [-0.3, -0.25) is 14.5 Å². The van der Waals surface area contributed by atoms with Crippen LogP contribution in [-0.4, -0.2) is 66.7 Å². The number of fused-ring (bicyclic) bond motifs is 1. The molecule has 10 heteroatoms. The topological polar surface area (TPSA) is 95.8 Å². The Kier molecular flexibility index (Phi) is 9.03. The summed E-state index contributed by atoms with van der Waals surface area (Å²) in [7, 11) is -0.559. The van der Waals surface area contributed by atoms with Crippen LogP contribution in [0.5, 0.6) is 5.75 Å². The lowest BCUT2D eigenvalue weighted by atomic mass is 9.98. The van der Waals surface area contributed by atoms with Gasteiger partial charge in [0, 0.05) is 36.6 Å². The number of methoxy groups -OCH3 is 1. The Hall–Kier alpha value is -4.28. The van der Waals surface area contributed by atoms with E-state index in [1.54, 1.807) is 24.5 Å². The van der Waals surface area contributed by atoms with Gasteiger partial charge >= 0.3 is 5.97 Å². The second-order valence-electron chi connectivity index (χ2n) is 12.4. The molecule has 44 heavy (non-hydrogen) atoms. The number of aromatic nitrogens is 3. The third kappa shape index (κ3) is 6.61. The maximum atomic E-state index is 14.0. The minimum atomic E-state index is -1.92. The van der Waals surface area contributed by atoms with Crippen LogP contribution in [0.1, 0.15) is 47.2 Å². The largest absolute Gasteiger partial charge is 0.489 e. The Bertz CT molecular complexity index is 1610. The molecule has 0 unspecified atom stereocenters. The van der Waals surface area contributed by atoms with Crippen LogP contribution in [0.4, 0.5) is 0 Å². The molecule has 0 N–H and O–H groups in total. The molecular formula is C34H40N4O5Si. The summed E-state index contributed by atoms with van der Waals surface area (Å²) < 4.78 is 19.0. The molecule has 0 atom stereocenters. The second-order valence-corrected chi connectivity index (χ2v) is 17.2. The number of carbonyl (C=O) groups is 2. The van der Waals surface area contributed by atoms with E-state index in [1.165, 1.54) is 7.11 Å². The van der Waals surface area contributed by atoms with E-state index in [0.29, 0.717) is 49.9 Å². The van der Waals surface area contributed by atoms with Crippen LogP contribution < -0.4 is 4.74 Å². The number of benzene rings is 2. The number of ether oxygens (including phenoxy) is 2. The van der Waals surface area contributed by atoms with Crippen LogP contribution >= 0.6 is 0 Å². The molecule has 2 aromatic heterocycles. The predicted molar refractivity (Wildman–Crippen MR) is 172 cm³/mol. The zero-order valence-corrected chi connectivity index (χ0v) is 27.3. The lowest BCUT2D eigenvalue weighted by Gasteiger charge is -2.37. The van der Waals surface area contributed by atoms with Crippen molar-refractivity contribution in [1.82, 2.24) is 19.7 Å². The summed E-state index contributed by atoms with van der Waals surface area (Å²) in [5.41, 5.74) is 5.31. The zero-order chi connectivity index (χ0) is 31.5. The van der Waals surface area contributed by atoms with Gasteiger partial charge in [0.25, 0.3) is 5.91 Å². The van der Waals surface area contributed by atoms with Gasteiger partial charge in [0.2, 0.25) is 0 Å². The molecule has 230 valence electrons. The summed E-state index contributed by atoms with van der Waals surface area (Å²) in [5.74, 6) is 0.268. The summed E-state index contributed by atoms with van der Waals surface area (Å²) in [6.45, 7) is 13.7. The van der Waals surface area contributed by atoms with E-state index < -0.39 is 8.32 Å². The summed E-state index contributed by atoms with van der Waals surface area (Å²) in [6, 6.07) is 18.7. The van der Waals surface area contributed by atoms with Gasteiger partial charge in [0.05, 0.1) is 25.8 Å². The van der Waals surface area contributed by atoms with Crippen molar-refractivity contribution < 1.29 is 23.5 Å². The maximum absolute atomic E-state index is 14.0. The Morgan fingerprint density at radius 2 is 1.61 bits per heavy atom. The highest BCUT2D eigenvalue weighted by molar-refractivity contribution is 6.74. The standard InChI is InChI=1S/C34H40N4O5Si/c1-34(2,3)44(5,6)43-22-21-37-19-20-38-31(32(37)39)29(30(36-38)26-15-17-35-18-16-26)25-11-13-28(14-12-25)42-23-24-7-9-27(10-8-24)33(40)41-4/h7-18H,19-23H2,1-6H3. The fraction of sp³-hybridized carbons (Fsp3) is 0.353. The lowest BCUT2D eigenvalue weighted by molar-refractivity contribution is 0.0600. The quantitative estimate of drug-likeness (QED) is 0.150. The number of hydrogen-bond acceptors (Lipinski definition) is 7. The number of carbonyl (C=O) groups excluding carboxylic acids is 2. The molecule has 0 fully saturated rings. The van der Waals surface area contributed by atoms with Crippen molar-refractivity contribution in [3.8, 4) is 28.1 Å². The Morgan fingerprint density at radius 1 is 0.932 bits per heavy atom. The van der Waals surface area contributed by atoms with Crippen molar-refractivity contribution in [2.75, 3.05) is 26.8 Å². The molecule has 0 aliphatic carbocycles. The van der Waals surface area contributed by atoms with Gasteiger partial charge in [-0.25, -0.2) is 4.79 Å². The van der Waals surface area contributed by atoms with Crippen molar-refractivity contribution in [2.24, 2.45) is 0 Å². The van der Waals surface area contributed by atoms with Crippen molar-refractivity contribution in [2.45, 2.75) is 52.1 Å². The maximum Gasteiger partial charge on any atom is 0.337 e. The molecule has 0 saturated carbocycles. The van der Waals surface area contributed by atoms with Gasteiger partial charge in [-0.05, 0) is 65.7 Å². The Morgan fingerprint density at radius 3 is 2.25 bits per heavy atom. The minimum absolute atomic E-state index is 0.0476. The molecule has 3 heterocycles. The molecule has 0 radical (unpaired) electrons. The van der Waals surface area contributed by atoms with Crippen LogP contribution in [0, 0.1) is 0 Å². The van der Waals surface area contributed by atoms with Gasteiger partial charge in [0.1, 0.15) is 23.7 Å². The molecule has 1 aliphatic heterocycles. The third-order valence-electron chi connectivity index (χ3n) is 8.53. The number of nitrogens with zero attached hydrogens (tertiary/aromatic N) is 4. The van der Waals surface area contributed by atoms with E-state index in [1.807, 2.05) is 58.1 Å². The van der Waals surface area contributed by atoms with Crippen LogP contribution in [0.2, 0.25) is 18.1 Å². The molecule has 0 saturated heterocycles. The average molecular weight is 613 g/mol. The monoisotopic (exact) mass is 612 g/mol. The number of esters is 1. The van der Waals surface area contributed by atoms with Crippen LogP contribution in [0.25, 0.3) is 22.4 Å². The molecule has 5 rings (SSSR count). The molecule has 4 aromatic rings. The summed E-state index contributed by atoms with van der Waals surface area (Å²) in [4.78, 5) is 31.7. The predicted octanol–water partition coefficient (Wildman–Crippen LogP) is 6.46. The van der Waals surface area contributed by atoms with Crippen molar-refractivity contribution in [1.29, 1.82) is 0 Å². The molecule has 1 amide bonds. The van der Waals surface area contributed by atoms with Crippen LogP contribution in [-0.2, 0) is 22.3 Å². The van der Waals surface area contributed by atoms with E-state index in [-0.39, 0.29) is 16.9 Å². The fourth-order valence-corrected chi connectivity index (χ4v) is 5.91. The first-order valence-electron chi connectivity index (χ1n) is 14.8. The van der Waals surface area contributed by atoms with Gasteiger partial charge in [-0.15, -0.1) is 0 Å². The Balaban J connectivity index is 1.37. The minimum Gasteiger partial charge on any atom is -0.489 e. The first-order valence-corrected chi connectivity index (χ1v) is 17.7. The third-order valence-corrected chi connectivity index (χ3v) is 13.1. The fourth-order valence-electron chi connectivity index (χ4n) is 4.87. The highest BCUT2D eigenvalue weighted by Gasteiger charge is 2.38. The summed E-state index contributed by atoms with van der Waals surface area (Å²) in [6.07, 6.45) is 3.47. The molecular weight excluding hydrogens is 572 g/mol. The molecule has 1 aliphatic rings. The SMILES string of the molecule is COC(=O)c1ccc(COc2ccc(-c3c(-c4ccncc4)nn4c3C(=O)N(CCO[Si](C)(C)C(C)(C)C)CC4)cc2)cc1. The first kappa shape index (κ1) is 31.2. The van der Waals surface area contributed by atoms with E-state index in [0.717, 1.165) is 27.9 Å². The van der Waals surface area contributed by atoms with E-state index >= 15 is 0 Å². The van der Waals surface area contributed by atoms with Gasteiger partial charge < -0.3 is 18.8 Å². The lowest BCUT2D eigenvalue weighted by Crippen LogP contribution is -2.46. The number of rotatable bonds is 10. The van der Waals surface area contributed by atoms with Crippen LogP contribution in [0.3, 0.4) is 0 Å². The second kappa shape index (κ2) is 12.8. The van der Waals surface area contributed by atoms with E-state index in [4.69, 9.17) is 19.0 Å². The van der Waals surface area contributed by atoms with Crippen LogP contribution in [0.15, 0.2) is 73.1 Å². The van der Waals surface area contributed by atoms with Gasteiger partial charge in [-0.2, -0.15) is 5.10 Å². The molecule has 0 spiro atoms. The smallest absolute Gasteiger partial charge is 0.337 e. The van der Waals surface area contributed by atoms with Crippen molar-refractivity contribution >= 4 is 20.2 Å². The number of hydrogen-bond donors (Lipinski definition) is 0. The molecule has 9 nitrogen and oxygen atoms in total.